The Kier molecular flexibility index (Phi) is 6.17. The molecule has 1 aromatic heterocycles. The molecular weight excluding hydrogens is 266 g/mol. The first-order valence-electron chi connectivity index (χ1n) is 6.23. The molecule has 0 aliphatic carbocycles. The number of anilines is 1. The summed E-state index contributed by atoms with van der Waals surface area (Å²) in [5.74, 6) is -0.806. The summed E-state index contributed by atoms with van der Waals surface area (Å²) in [7, 11) is 1.61. The number of rotatable bonds is 8. The lowest BCUT2D eigenvalue weighted by molar-refractivity contribution is -0.140. The number of carbonyl (C=O) groups is 1. The molecule has 1 aromatic rings. The highest BCUT2D eigenvalue weighted by atomic mass is 32.1. The summed E-state index contributed by atoms with van der Waals surface area (Å²) < 4.78 is 5.02. The predicted octanol–water partition coefficient (Wildman–Crippen LogP) is 1.87. The van der Waals surface area contributed by atoms with Gasteiger partial charge in [0.1, 0.15) is 11.6 Å². The molecule has 1 rings (SSSR count). The Morgan fingerprint density at radius 1 is 1.37 bits per heavy atom. The highest BCUT2D eigenvalue weighted by Gasteiger charge is 2.20. The molecule has 0 spiro atoms. The second-order valence-corrected chi connectivity index (χ2v) is 5.99. The van der Waals surface area contributed by atoms with Crippen LogP contribution in [0.4, 0.5) is 5.13 Å². The van der Waals surface area contributed by atoms with Crippen molar-refractivity contribution in [3.8, 4) is 0 Å². The van der Waals surface area contributed by atoms with E-state index >= 15 is 0 Å². The van der Waals surface area contributed by atoms with E-state index in [0.717, 1.165) is 16.7 Å². The SMILES string of the molecule is COCc1nnc(N(CC(C)C)CC(C)C(=O)O)s1. The molecule has 108 valence electrons. The molecule has 0 saturated carbocycles. The molecule has 1 atom stereocenters. The number of ether oxygens (including phenoxy) is 1. The normalized spacial score (nSPS) is 12.7. The lowest BCUT2D eigenvalue weighted by atomic mass is 10.1. The van der Waals surface area contributed by atoms with E-state index in [4.69, 9.17) is 9.84 Å². The first-order valence-corrected chi connectivity index (χ1v) is 7.04. The third-order valence-electron chi connectivity index (χ3n) is 2.50. The van der Waals surface area contributed by atoms with Crippen molar-refractivity contribution in [3.63, 3.8) is 0 Å². The number of aromatic nitrogens is 2. The van der Waals surface area contributed by atoms with Crippen LogP contribution in [-0.4, -0.2) is 41.5 Å². The first-order chi connectivity index (χ1) is 8.93. The van der Waals surface area contributed by atoms with E-state index in [9.17, 15) is 4.79 Å². The van der Waals surface area contributed by atoms with Gasteiger partial charge >= 0.3 is 5.97 Å². The smallest absolute Gasteiger partial charge is 0.308 e. The van der Waals surface area contributed by atoms with Crippen molar-refractivity contribution in [1.29, 1.82) is 0 Å². The zero-order valence-corrected chi connectivity index (χ0v) is 12.6. The fourth-order valence-corrected chi connectivity index (χ4v) is 2.46. The second-order valence-electron chi connectivity index (χ2n) is 4.95. The first kappa shape index (κ1) is 15.8. The van der Waals surface area contributed by atoms with Gasteiger partial charge in [-0.05, 0) is 5.92 Å². The minimum atomic E-state index is -0.796. The van der Waals surface area contributed by atoms with Gasteiger partial charge in [-0.2, -0.15) is 0 Å². The van der Waals surface area contributed by atoms with Gasteiger partial charge in [-0.15, -0.1) is 10.2 Å². The summed E-state index contributed by atoms with van der Waals surface area (Å²) in [6, 6.07) is 0. The van der Waals surface area contributed by atoms with Crippen LogP contribution in [0.1, 0.15) is 25.8 Å². The third kappa shape index (κ3) is 5.12. The molecule has 0 amide bonds. The molecule has 0 radical (unpaired) electrons. The topological polar surface area (TPSA) is 75.6 Å². The van der Waals surface area contributed by atoms with Crippen molar-refractivity contribution < 1.29 is 14.6 Å². The van der Waals surface area contributed by atoms with Crippen molar-refractivity contribution in [3.05, 3.63) is 5.01 Å². The molecule has 0 aliphatic rings. The number of carboxylic acids is 1. The maximum absolute atomic E-state index is 11.0. The molecule has 19 heavy (non-hydrogen) atoms. The number of hydrogen-bond donors (Lipinski definition) is 1. The molecule has 0 aromatic carbocycles. The largest absolute Gasteiger partial charge is 0.481 e. The van der Waals surface area contributed by atoms with E-state index in [2.05, 4.69) is 24.0 Å². The highest BCUT2D eigenvalue weighted by Crippen LogP contribution is 2.22. The van der Waals surface area contributed by atoms with Gasteiger partial charge in [0, 0.05) is 20.2 Å². The quantitative estimate of drug-likeness (QED) is 0.786. The Bertz CT molecular complexity index is 409. The average Bonchev–Trinajstić information content (AvgIpc) is 2.76. The molecule has 6 nitrogen and oxygen atoms in total. The van der Waals surface area contributed by atoms with Gasteiger partial charge < -0.3 is 14.7 Å². The van der Waals surface area contributed by atoms with E-state index in [1.165, 1.54) is 11.3 Å². The molecule has 0 aliphatic heterocycles. The van der Waals surface area contributed by atoms with E-state index in [0.29, 0.717) is 19.1 Å². The van der Waals surface area contributed by atoms with Gasteiger partial charge in [0.05, 0.1) is 5.92 Å². The van der Waals surface area contributed by atoms with E-state index in [-0.39, 0.29) is 0 Å². The van der Waals surface area contributed by atoms with Crippen LogP contribution in [0.25, 0.3) is 0 Å². The molecule has 0 fully saturated rings. The number of methoxy groups -OCH3 is 1. The Labute approximate surface area is 117 Å². The van der Waals surface area contributed by atoms with Crippen LogP contribution in [0.2, 0.25) is 0 Å². The van der Waals surface area contributed by atoms with E-state index in [1.54, 1.807) is 14.0 Å². The minimum absolute atomic E-state index is 0.427. The van der Waals surface area contributed by atoms with E-state index in [1.807, 2.05) is 4.90 Å². The van der Waals surface area contributed by atoms with Crippen LogP contribution < -0.4 is 4.90 Å². The molecule has 1 unspecified atom stereocenters. The molecule has 1 heterocycles. The summed E-state index contributed by atoms with van der Waals surface area (Å²) in [6.45, 7) is 7.52. The Balaban J connectivity index is 2.79. The highest BCUT2D eigenvalue weighted by molar-refractivity contribution is 7.15. The second kappa shape index (κ2) is 7.40. The van der Waals surface area contributed by atoms with Gasteiger partial charge in [-0.3, -0.25) is 4.79 Å². The lowest BCUT2D eigenvalue weighted by Gasteiger charge is -2.25. The van der Waals surface area contributed by atoms with Crippen molar-refractivity contribution in [1.82, 2.24) is 10.2 Å². The zero-order valence-electron chi connectivity index (χ0n) is 11.8. The van der Waals surface area contributed by atoms with Crippen LogP contribution in [0.3, 0.4) is 0 Å². The van der Waals surface area contributed by atoms with E-state index < -0.39 is 11.9 Å². The molecule has 1 N–H and O–H groups in total. The summed E-state index contributed by atoms with van der Waals surface area (Å²) in [5.41, 5.74) is 0. The van der Waals surface area contributed by atoms with Gasteiger partial charge in [-0.1, -0.05) is 32.1 Å². The number of carboxylic acid groups (broad SMARTS) is 1. The van der Waals surface area contributed by atoms with Gasteiger partial charge in [0.15, 0.2) is 0 Å². The average molecular weight is 287 g/mol. The molecule has 0 saturated heterocycles. The van der Waals surface area contributed by atoms with Crippen LogP contribution >= 0.6 is 11.3 Å². The fraction of sp³-hybridized carbons (Fsp3) is 0.750. The van der Waals surface area contributed by atoms with Gasteiger partial charge in [0.2, 0.25) is 5.13 Å². The number of nitrogens with zero attached hydrogens (tertiary/aromatic N) is 3. The molecule has 0 bridgehead atoms. The summed E-state index contributed by atoms with van der Waals surface area (Å²) in [6.07, 6.45) is 0. The Morgan fingerprint density at radius 2 is 2.05 bits per heavy atom. The maximum atomic E-state index is 11.0. The Hall–Kier alpha value is -1.21. The van der Waals surface area contributed by atoms with Crippen LogP contribution in [-0.2, 0) is 16.1 Å². The van der Waals surface area contributed by atoms with Crippen LogP contribution in [0.5, 0.6) is 0 Å². The maximum Gasteiger partial charge on any atom is 0.308 e. The van der Waals surface area contributed by atoms with Crippen molar-refractivity contribution in [2.24, 2.45) is 11.8 Å². The van der Waals surface area contributed by atoms with Gasteiger partial charge in [-0.25, -0.2) is 0 Å². The van der Waals surface area contributed by atoms with Crippen molar-refractivity contribution in [2.45, 2.75) is 27.4 Å². The summed E-state index contributed by atoms with van der Waals surface area (Å²) in [4.78, 5) is 13.0. The summed E-state index contributed by atoms with van der Waals surface area (Å²) >= 11 is 1.45. The number of hydrogen-bond acceptors (Lipinski definition) is 6. The monoisotopic (exact) mass is 287 g/mol. The van der Waals surface area contributed by atoms with Crippen molar-refractivity contribution in [2.75, 3.05) is 25.1 Å². The third-order valence-corrected chi connectivity index (χ3v) is 3.45. The minimum Gasteiger partial charge on any atom is -0.481 e. The zero-order chi connectivity index (χ0) is 14.4. The van der Waals surface area contributed by atoms with Crippen LogP contribution in [0.15, 0.2) is 0 Å². The standard InChI is InChI=1S/C12H21N3O3S/c1-8(2)5-15(6-9(3)11(16)17)12-14-13-10(19-12)7-18-4/h8-9H,5-7H2,1-4H3,(H,16,17). The van der Waals surface area contributed by atoms with Crippen LogP contribution in [0, 0.1) is 11.8 Å². The van der Waals surface area contributed by atoms with Crippen molar-refractivity contribution >= 4 is 22.4 Å². The molecular formula is C12H21N3O3S. The summed E-state index contributed by atoms with van der Waals surface area (Å²) in [5, 5.41) is 18.7. The Morgan fingerprint density at radius 3 is 2.58 bits per heavy atom. The predicted molar refractivity (Wildman–Crippen MR) is 74.5 cm³/mol. The fourth-order valence-electron chi connectivity index (χ4n) is 1.63. The molecule has 7 heteroatoms. The van der Waals surface area contributed by atoms with Gasteiger partial charge in [0.25, 0.3) is 0 Å². The lowest BCUT2D eigenvalue weighted by Crippen LogP contribution is -2.34. The number of aliphatic carboxylic acids is 1.